The molecule has 1 amide bonds. The Morgan fingerprint density at radius 2 is 2.00 bits per heavy atom. The Bertz CT molecular complexity index is 697. The van der Waals surface area contributed by atoms with Crippen LogP contribution in [0.2, 0.25) is 5.15 Å². The van der Waals surface area contributed by atoms with Crippen LogP contribution in [0.15, 0.2) is 33.3 Å². The average molecular weight is 423 g/mol. The number of nitrogen functional groups attached to an aromatic ring is 1. The number of hydrogen-bond donors (Lipinski definition) is 2. The molecule has 3 N–H and O–H groups in total. The van der Waals surface area contributed by atoms with E-state index >= 15 is 0 Å². The van der Waals surface area contributed by atoms with Gasteiger partial charge in [-0.05, 0) is 50.1 Å². The van der Waals surface area contributed by atoms with E-state index < -0.39 is 11.7 Å². The van der Waals surface area contributed by atoms with E-state index in [-0.39, 0.29) is 16.4 Å². The van der Waals surface area contributed by atoms with E-state index in [1.54, 1.807) is 6.07 Å². The summed E-state index contributed by atoms with van der Waals surface area (Å²) in [6.07, 6.45) is 1.41. The molecule has 0 aliphatic rings. The van der Waals surface area contributed by atoms with Crippen LogP contribution in [0.5, 0.6) is 0 Å². The first-order valence-corrected chi connectivity index (χ1v) is 7.22. The van der Waals surface area contributed by atoms with Crippen molar-refractivity contribution in [3.05, 3.63) is 49.9 Å². The van der Waals surface area contributed by atoms with E-state index in [0.29, 0.717) is 14.6 Å². The second-order valence-electron chi connectivity index (χ2n) is 3.80. The molecule has 0 aliphatic heterocycles. The zero-order valence-electron chi connectivity index (χ0n) is 9.75. The van der Waals surface area contributed by atoms with E-state index in [0.717, 1.165) is 6.07 Å². The fourth-order valence-corrected chi connectivity index (χ4v) is 2.38. The summed E-state index contributed by atoms with van der Waals surface area (Å²) in [6, 6.07) is 4.00. The minimum Gasteiger partial charge on any atom is -0.396 e. The Morgan fingerprint density at radius 3 is 2.65 bits per heavy atom. The SMILES string of the molecule is Nc1cc(C(=O)Nc2cnc(Cl)c(Br)c2)c(Br)cc1F. The number of benzene rings is 1. The van der Waals surface area contributed by atoms with E-state index in [1.165, 1.54) is 12.3 Å². The van der Waals surface area contributed by atoms with Gasteiger partial charge >= 0.3 is 0 Å². The normalized spacial score (nSPS) is 10.4. The van der Waals surface area contributed by atoms with Gasteiger partial charge in [-0.2, -0.15) is 0 Å². The lowest BCUT2D eigenvalue weighted by molar-refractivity contribution is 0.102. The summed E-state index contributed by atoms with van der Waals surface area (Å²) in [5, 5.41) is 2.90. The molecule has 4 nitrogen and oxygen atoms in total. The van der Waals surface area contributed by atoms with Gasteiger partial charge in [-0.15, -0.1) is 0 Å². The molecular weight excluding hydrogens is 416 g/mol. The van der Waals surface area contributed by atoms with Crippen molar-refractivity contribution in [3.8, 4) is 0 Å². The second-order valence-corrected chi connectivity index (χ2v) is 5.87. The lowest BCUT2D eigenvalue weighted by Gasteiger charge is -2.08. The molecule has 0 atom stereocenters. The Labute approximate surface area is 135 Å². The lowest BCUT2D eigenvalue weighted by atomic mass is 10.2. The summed E-state index contributed by atoms with van der Waals surface area (Å²) >= 11 is 12.1. The van der Waals surface area contributed by atoms with Crippen LogP contribution < -0.4 is 11.1 Å². The Hall–Kier alpha value is -1.18. The predicted octanol–water partition coefficient (Wildman–Crippen LogP) is 4.23. The van der Waals surface area contributed by atoms with Crippen molar-refractivity contribution >= 4 is 60.7 Å². The number of nitrogens with zero attached hydrogens (tertiary/aromatic N) is 1. The third kappa shape index (κ3) is 3.28. The van der Waals surface area contributed by atoms with E-state index in [9.17, 15) is 9.18 Å². The number of amides is 1. The fraction of sp³-hybridized carbons (Fsp3) is 0. The highest BCUT2D eigenvalue weighted by Crippen LogP contribution is 2.26. The number of anilines is 2. The van der Waals surface area contributed by atoms with E-state index in [1.807, 2.05) is 0 Å². The summed E-state index contributed by atoms with van der Waals surface area (Å²) < 4.78 is 14.1. The quantitative estimate of drug-likeness (QED) is 0.561. The first-order valence-electron chi connectivity index (χ1n) is 5.25. The topological polar surface area (TPSA) is 68.0 Å². The standard InChI is InChI=1S/C12H7Br2ClFN3O/c13-7-3-9(16)10(17)2-6(7)12(20)19-5-1-8(14)11(15)18-4-5/h1-4H,17H2,(H,19,20). The molecule has 1 aromatic carbocycles. The summed E-state index contributed by atoms with van der Waals surface area (Å²) in [5.41, 5.74) is 6.01. The van der Waals surface area contributed by atoms with Crippen LogP contribution in [0.3, 0.4) is 0 Å². The molecular formula is C12H7Br2ClFN3O. The highest BCUT2D eigenvalue weighted by Gasteiger charge is 2.14. The van der Waals surface area contributed by atoms with Crippen LogP contribution in [0, 0.1) is 5.82 Å². The molecule has 0 radical (unpaired) electrons. The number of nitrogens with two attached hydrogens (primary N) is 1. The summed E-state index contributed by atoms with van der Waals surface area (Å²) in [7, 11) is 0. The summed E-state index contributed by atoms with van der Waals surface area (Å²) in [4.78, 5) is 16.0. The smallest absolute Gasteiger partial charge is 0.256 e. The minimum atomic E-state index is -0.593. The number of carbonyl (C=O) groups is 1. The highest BCUT2D eigenvalue weighted by atomic mass is 79.9. The van der Waals surface area contributed by atoms with Crippen LogP contribution in [-0.2, 0) is 0 Å². The largest absolute Gasteiger partial charge is 0.396 e. The van der Waals surface area contributed by atoms with Crippen molar-refractivity contribution < 1.29 is 9.18 Å². The van der Waals surface area contributed by atoms with Gasteiger partial charge in [0.05, 0.1) is 27.6 Å². The van der Waals surface area contributed by atoms with Crippen molar-refractivity contribution in [1.82, 2.24) is 4.98 Å². The van der Waals surface area contributed by atoms with Gasteiger partial charge in [0, 0.05) is 4.47 Å². The Balaban J connectivity index is 2.28. The molecule has 0 fully saturated rings. The molecule has 104 valence electrons. The number of pyridine rings is 1. The van der Waals surface area contributed by atoms with Gasteiger partial charge in [-0.3, -0.25) is 4.79 Å². The van der Waals surface area contributed by atoms with Gasteiger partial charge in [0.15, 0.2) is 0 Å². The number of rotatable bonds is 2. The van der Waals surface area contributed by atoms with Crippen molar-refractivity contribution in [2.24, 2.45) is 0 Å². The zero-order chi connectivity index (χ0) is 14.9. The van der Waals surface area contributed by atoms with Gasteiger partial charge in [-0.1, -0.05) is 11.6 Å². The van der Waals surface area contributed by atoms with Crippen LogP contribution in [0.4, 0.5) is 15.8 Å². The highest BCUT2D eigenvalue weighted by molar-refractivity contribution is 9.10. The molecule has 0 bridgehead atoms. The van der Waals surface area contributed by atoms with Gasteiger partial charge in [0.25, 0.3) is 5.91 Å². The third-order valence-electron chi connectivity index (χ3n) is 2.39. The molecule has 0 saturated carbocycles. The Morgan fingerprint density at radius 1 is 1.30 bits per heavy atom. The van der Waals surface area contributed by atoms with Gasteiger partial charge in [-0.25, -0.2) is 9.37 Å². The first-order chi connectivity index (χ1) is 9.38. The molecule has 1 heterocycles. The van der Waals surface area contributed by atoms with Crippen LogP contribution in [0.1, 0.15) is 10.4 Å². The molecule has 0 spiro atoms. The van der Waals surface area contributed by atoms with Crippen LogP contribution in [0.25, 0.3) is 0 Å². The zero-order valence-corrected chi connectivity index (χ0v) is 13.7. The van der Waals surface area contributed by atoms with E-state index in [2.05, 4.69) is 42.2 Å². The number of nitrogens with one attached hydrogen (secondary N) is 1. The molecule has 2 rings (SSSR count). The first kappa shape index (κ1) is 15.2. The fourth-order valence-electron chi connectivity index (χ4n) is 1.43. The number of hydrogen-bond acceptors (Lipinski definition) is 3. The average Bonchev–Trinajstić information content (AvgIpc) is 2.38. The van der Waals surface area contributed by atoms with Crippen molar-refractivity contribution in [2.75, 3.05) is 11.1 Å². The van der Waals surface area contributed by atoms with Crippen LogP contribution in [-0.4, -0.2) is 10.9 Å². The maximum absolute atomic E-state index is 13.2. The number of carbonyl (C=O) groups excluding carboxylic acids is 1. The predicted molar refractivity (Wildman–Crippen MR) is 83.4 cm³/mol. The second kappa shape index (κ2) is 6.07. The van der Waals surface area contributed by atoms with Crippen molar-refractivity contribution in [1.29, 1.82) is 0 Å². The molecule has 8 heteroatoms. The maximum Gasteiger partial charge on any atom is 0.256 e. The molecule has 20 heavy (non-hydrogen) atoms. The molecule has 0 aliphatic carbocycles. The molecule has 0 unspecified atom stereocenters. The number of aromatic nitrogens is 1. The monoisotopic (exact) mass is 421 g/mol. The van der Waals surface area contributed by atoms with Gasteiger partial charge in [0.1, 0.15) is 11.0 Å². The molecule has 0 saturated heterocycles. The van der Waals surface area contributed by atoms with Crippen molar-refractivity contribution in [2.45, 2.75) is 0 Å². The third-order valence-corrected chi connectivity index (χ3v) is 4.18. The summed E-state index contributed by atoms with van der Waals surface area (Å²) in [5.74, 6) is -1.04. The molecule has 2 aromatic rings. The van der Waals surface area contributed by atoms with Crippen LogP contribution >= 0.6 is 43.5 Å². The van der Waals surface area contributed by atoms with Gasteiger partial charge in [0.2, 0.25) is 0 Å². The molecule has 1 aromatic heterocycles. The van der Waals surface area contributed by atoms with Gasteiger partial charge < -0.3 is 11.1 Å². The Kier molecular flexibility index (Phi) is 4.62. The maximum atomic E-state index is 13.2. The minimum absolute atomic E-state index is 0.103. The van der Waals surface area contributed by atoms with E-state index in [4.69, 9.17) is 17.3 Å². The van der Waals surface area contributed by atoms with Crippen molar-refractivity contribution in [3.63, 3.8) is 0 Å². The number of halogens is 4. The summed E-state index contributed by atoms with van der Waals surface area (Å²) in [6.45, 7) is 0. The lowest BCUT2D eigenvalue weighted by Crippen LogP contribution is -2.13.